The van der Waals surface area contributed by atoms with Gasteiger partial charge in [-0.2, -0.15) is 0 Å². The smallest absolute Gasteiger partial charge is 0.0597 e. The molecule has 0 saturated heterocycles. The number of aliphatic hydroxyl groups excluding tert-OH is 2. The second kappa shape index (κ2) is 10.5. The molecule has 1 heterocycles. The number of nitrogens with zero attached hydrogens (tertiary/aromatic N) is 1. The van der Waals surface area contributed by atoms with Crippen LogP contribution in [0.25, 0.3) is 22.2 Å². The minimum atomic E-state index is -0.375. The van der Waals surface area contributed by atoms with Gasteiger partial charge in [-0.15, -0.1) is 35.4 Å². The molecule has 2 N–H and O–H groups in total. The summed E-state index contributed by atoms with van der Waals surface area (Å²) in [6.45, 7) is 7.49. The number of benzene rings is 2. The molecule has 0 saturated carbocycles. The Kier molecular flexibility index (Phi) is 9.10. The molecule has 2 atom stereocenters. The summed E-state index contributed by atoms with van der Waals surface area (Å²) in [7, 11) is 0. The van der Waals surface area contributed by atoms with Gasteiger partial charge in [0.1, 0.15) is 0 Å². The molecule has 3 rings (SSSR count). The molecule has 0 bridgehead atoms. The van der Waals surface area contributed by atoms with Gasteiger partial charge in [0.05, 0.1) is 17.7 Å². The van der Waals surface area contributed by atoms with Crippen LogP contribution in [-0.2, 0) is 20.1 Å². The zero-order chi connectivity index (χ0) is 18.4. The van der Waals surface area contributed by atoms with Crippen LogP contribution in [0.3, 0.4) is 0 Å². The van der Waals surface area contributed by atoms with Gasteiger partial charge in [-0.25, -0.2) is 0 Å². The van der Waals surface area contributed by atoms with E-state index in [1.54, 1.807) is 13.8 Å². The number of fused-ring (bicyclic) bond motifs is 1. The van der Waals surface area contributed by atoms with E-state index in [1.807, 2.05) is 6.07 Å². The summed E-state index contributed by atoms with van der Waals surface area (Å²) < 4.78 is 0. The second-order valence-corrected chi connectivity index (χ2v) is 6.61. The van der Waals surface area contributed by atoms with Crippen molar-refractivity contribution in [1.29, 1.82) is 0 Å². The minimum absolute atomic E-state index is 0. The van der Waals surface area contributed by atoms with Gasteiger partial charge in [-0.1, -0.05) is 31.2 Å². The van der Waals surface area contributed by atoms with E-state index in [4.69, 9.17) is 15.2 Å². The first-order chi connectivity index (χ1) is 11.8. The number of aromatic nitrogens is 1. The maximum Gasteiger partial charge on any atom is 0.0597 e. The van der Waals surface area contributed by atoms with Gasteiger partial charge in [0.25, 0.3) is 0 Å². The Morgan fingerprint density at radius 1 is 0.923 bits per heavy atom. The van der Waals surface area contributed by atoms with E-state index in [1.165, 1.54) is 16.5 Å². The van der Waals surface area contributed by atoms with Crippen molar-refractivity contribution >= 4 is 10.9 Å². The molecule has 0 spiro atoms. The first-order valence-electron chi connectivity index (χ1n) is 8.57. The number of hydrogen-bond donors (Lipinski definition) is 2. The van der Waals surface area contributed by atoms with Crippen molar-refractivity contribution in [2.45, 2.75) is 46.3 Å². The summed E-state index contributed by atoms with van der Waals surface area (Å²) in [5, 5.41) is 18.3. The Balaban J connectivity index is 0.000000366. The molecular formula is C22H26IrNO2-. The predicted octanol–water partition coefficient (Wildman–Crippen LogP) is 4.45. The van der Waals surface area contributed by atoms with E-state index in [-0.39, 0.29) is 32.3 Å². The van der Waals surface area contributed by atoms with Gasteiger partial charge in [-0.05, 0) is 49.9 Å². The standard InChI is InChI=1S/C17H14N.C5H12O2.Ir/c1-12-4-3-5-15(10-12)16-9-8-14-7-6-13(2)11-17(14)18-16;1-4(6)3-5(2)7;/h3-4,6-11H,1-2H3;4-7H,3H2,1-2H3;/q-1;;. The molecule has 141 valence electrons. The van der Waals surface area contributed by atoms with Crippen molar-refractivity contribution < 1.29 is 30.3 Å². The van der Waals surface area contributed by atoms with E-state index in [9.17, 15) is 0 Å². The van der Waals surface area contributed by atoms with Gasteiger partial charge in [0, 0.05) is 20.1 Å². The Bertz CT molecular complexity index is 825. The molecule has 0 fully saturated rings. The van der Waals surface area contributed by atoms with Crippen LogP contribution in [0, 0.1) is 19.9 Å². The molecule has 0 aliphatic heterocycles. The average molecular weight is 529 g/mol. The number of aliphatic hydroxyl groups is 2. The summed E-state index contributed by atoms with van der Waals surface area (Å²) in [6, 6.07) is 19.9. The SMILES string of the molecule is CC(O)CC(C)O.Cc1cc[c-]c(-c2ccc3ccc(C)cc3n2)c1.[Ir]. The first kappa shape index (κ1) is 22.5. The fraction of sp³-hybridized carbons (Fsp3) is 0.318. The molecule has 2 aromatic carbocycles. The summed E-state index contributed by atoms with van der Waals surface area (Å²) in [4.78, 5) is 4.72. The fourth-order valence-corrected chi connectivity index (χ4v) is 2.60. The Morgan fingerprint density at radius 2 is 1.54 bits per heavy atom. The predicted molar refractivity (Wildman–Crippen MR) is 103 cm³/mol. The minimum Gasteiger partial charge on any atom is -0.393 e. The third-order valence-corrected chi connectivity index (χ3v) is 3.76. The number of hydrogen-bond acceptors (Lipinski definition) is 3. The van der Waals surface area contributed by atoms with E-state index >= 15 is 0 Å². The van der Waals surface area contributed by atoms with Gasteiger partial charge in [0.2, 0.25) is 0 Å². The van der Waals surface area contributed by atoms with Crippen LogP contribution in [0.2, 0.25) is 0 Å². The van der Waals surface area contributed by atoms with Crippen LogP contribution >= 0.6 is 0 Å². The number of pyridine rings is 1. The van der Waals surface area contributed by atoms with Crippen molar-refractivity contribution in [2.75, 3.05) is 0 Å². The third kappa shape index (κ3) is 6.97. The van der Waals surface area contributed by atoms with Crippen LogP contribution in [0.15, 0.2) is 48.5 Å². The molecule has 1 radical (unpaired) electrons. The molecule has 3 nitrogen and oxygen atoms in total. The molecule has 3 aromatic rings. The molecule has 0 aliphatic rings. The quantitative estimate of drug-likeness (QED) is 0.494. The van der Waals surface area contributed by atoms with E-state index in [0.717, 1.165) is 16.8 Å². The van der Waals surface area contributed by atoms with Crippen molar-refractivity contribution in [3.05, 3.63) is 65.7 Å². The normalized spacial score (nSPS) is 12.5. The summed E-state index contributed by atoms with van der Waals surface area (Å²) in [5.41, 5.74) is 5.55. The van der Waals surface area contributed by atoms with Crippen LogP contribution in [0.5, 0.6) is 0 Å². The molecular weight excluding hydrogens is 502 g/mol. The second-order valence-electron chi connectivity index (χ2n) is 6.61. The summed E-state index contributed by atoms with van der Waals surface area (Å²) >= 11 is 0. The molecule has 26 heavy (non-hydrogen) atoms. The zero-order valence-corrected chi connectivity index (χ0v) is 18.1. The van der Waals surface area contributed by atoms with E-state index < -0.39 is 0 Å². The summed E-state index contributed by atoms with van der Waals surface area (Å²) in [6.07, 6.45) is -0.278. The topological polar surface area (TPSA) is 53.4 Å². The molecule has 0 amide bonds. The molecule has 4 heteroatoms. The molecule has 1 aromatic heterocycles. The molecule has 2 unspecified atom stereocenters. The number of rotatable bonds is 3. The van der Waals surface area contributed by atoms with Gasteiger partial charge in [-0.3, -0.25) is 4.98 Å². The monoisotopic (exact) mass is 529 g/mol. The largest absolute Gasteiger partial charge is 0.393 e. The Labute approximate surface area is 169 Å². The Morgan fingerprint density at radius 3 is 2.12 bits per heavy atom. The zero-order valence-electron chi connectivity index (χ0n) is 15.7. The van der Waals surface area contributed by atoms with Crippen molar-refractivity contribution in [3.8, 4) is 11.3 Å². The number of aryl methyl sites for hydroxylation is 2. The maximum absolute atomic E-state index is 8.56. The van der Waals surface area contributed by atoms with Gasteiger partial charge >= 0.3 is 0 Å². The van der Waals surface area contributed by atoms with Crippen LogP contribution in [0.4, 0.5) is 0 Å². The van der Waals surface area contributed by atoms with Crippen molar-refractivity contribution in [2.24, 2.45) is 0 Å². The van der Waals surface area contributed by atoms with E-state index in [2.05, 4.69) is 62.4 Å². The molecule has 0 aliphatic carbocycles. The third-order valence-electron chi connectivity index (χ3n) is 3.76. The maximum atomic E-state index is 8.56. The van der Waals surface area contributed by atoms with Crippen LogP contribution in [-0.4, -0.2) is 27.4 Å². The Hall–Kier alpha value is -1.58. The van der Waals surface area contributed by atoms with Crippen LogP contribution in [0.1, 0.15) is 31.4 Å². The van der Waals surface area contributed by atoms with Gasteiger partial charge < -0.3 is 10.2 Å². The average Bonchev–Trinajstić information content (AvgIpc) is 2.53. The van der Waals surface area contributed by atoms with Crippen LogP contribution < -0.4 is 0 Å². The van der Waals surface area contributed by atoms with Crippen molar-refractivity contribution in [3.63, 3.8) is 0 Å². The summed E-state index contributed by atoms with van der Waals surface area (Å²) in [5.74, 6) is 0. The van der Waals surface area contributed by atoms with Gasteiger partial charge in [0.15, 0.2) is 0 Å². The van der Waals surface area contributed by atoms with E-state index in [0.29, 0.717) is 6.42 Å². The first-order valence-corrected chi connectivity index (χ1v) is 8.57. The fourth-order valence-electron chi connectivity index (χ4n) is 2.60. The van der Waals surface area contributed by atoms with Crippen molar-refractivity contribution in [1.82, 2.24) is 4.98 Å².